The van der Waals surface area contributed by atoms with E-state index in [2.05, 4.69) is 30.3 Å². The molecule has 6 rings (SSSR count). The van der Waals surface area contributed by atoms with E-state index in [-0.39, 0.29) is 11.8 Å². The van der Waals surface area contributed by atoms with Crippen LogP contribution >= 0.6 is 11.6 Å². The van der Waals surface area contributed by atoms with Gasteiger partial charge in [-0.1, -0.05) is 11.6 Å². The monoisotopic (exact) mass is 493 g/mol. The number of rotatable bonds is 6. The van der Waals surface area contributed by atoms with Gasteiger partial charge in [0, 0.05) is 36.8 Å². The maximum absolute atomic E-state index is 12.7. The highest BCUT2D eigenvalue weighted by molar-refractivity contribution is 6.29. The third-order valence-corrected chi connectivity index (χ3v) is 7.14. The molecule has 0 aromatic carbocycles. The lowest BCUT2D eigenvalue weighted by molar-refractivity contribution is -0.153. The number of halogens is 4. The zero-order valence-electron chi connectivity index (χ0n) is 18.2. The molecule has 3 fully saturated rings. The van der Waals surface area contributed by atoms with E-state index in [1.807, 2.05) is 0 Å². The van der Waals surface area contributed by atoms with Gasteiger partial charge >= 0.3 is 6.18 Å². The highest BCUT2D eigenvalue weighted by Gasteiger charge is 2.43. The Bertz CT molecular complexity index is 1200. The van der Waals surface area contributed by atoms with Gasteiger partial charge in [-0.2, -0.15) is 18.2 Å². The summed E-state index contributed by atoms with van der Waals surface area (Å²) in [6.45, 7) is 0.279. The Morgan fingerprint density at radius 3 is 2.53 bits per heavy atom. The van der Waals surface area contributed by atoms with Crippen molar-refractivity contribution in [2.24, 2.45) is 11.8 Å². The number of hydrogen-bond donors (Lipinski definition) is 1. The molecular weight excluding hydrogens is 471 g/mol. The van der Waals surface area contributed by atoms with Gasteiger partial charge in [-0.05, 0) is 49.7 Å². The number of pyridine rings is 1. The van der Waals surface area contributed by atoms with E-state index in [4.69, 9.17) is 16.3 Å². The van der Waals surface area contributed by atoms with Gasteiger partial charge in [0.1, 0.15) is 17.3 Å². The van der Waals surface area contributed by atoms with Crippen LogP contribution < -0.4 is 15.0 Å². The van der Waals surface area contributed by atoms with Gasteiger partial charge in [0.2, 0.25) is 5.95 Å². The number of alkyl halides is 3. The molecule has 2 saturated carbocycles. The molecule has 3 aromatic rings. The molecule has 8 nitrogen and oxygen atoms in total. The number of nitrogens with zero attached hydrogens (tertiary/aromatic N) is 6. The van der Waals surface area contributed by atoms with Gasteiger partial charge in [0.25, 0.3) is 0 Å². The minimum absolute atomic E-state index is 0.0840. The molecule has 3 aromatic heterocycles. The smallest absolute Gasteiger partial charge is 0.422 e. The first-order chi connectivity index (χ1) is 16.3. The zero-order chi connectivity index (χ0) is 23.4. The molecule has 34 heavy (non-hydrogen) atoms. The first kappa shape index (κ1) is 21.7. The van der Waals surface area contributed by atoms with Crippen LogP contribution in [0.2, 0.25) is 5.15 Å². The Labute approximate surface area is 198 Å². The molecule has 2 aliphatic carbocycles. The van der Waals surface area contributed by atoms with Crippen molar-refractivity contribution in [3.63, 3.8) is 0 Å². The molecular formula is C22H23ClF3N7O. The minimum Gasteiger partial charge on any atom is -0.480 e. The third kappa shape index (κ3) is 4.21. The van der Waals surface area contributed by atoms with Gasteiger partial charge in [-0.25, -0.2) is 14.5 Å². The Kier molecular flexibility index (Phi) is 5.20. The van der Waals surface area contributed by atoms with Crippen LogP contribution in [0.5, 0.6) is 5.75 Å². The minimum atomic E-state index is -4.42. The van der Waals surface area contributed by atoms with E-state index in [1.165, 1.54) is 6.33 Å². The third-order valence-electron chi connectivity index (χ3n) is 6.94. The standard InChI is InChI=1S/C22H23ClF3N7O/c23-17-7-18(28-11-27-17)32-8-13-3-4-14(9-32)19(13)29-21-30-20-16(34-10-22(24,25)26)6-5-15(12-1-2-12)33(20)31-21/h5-7,11-14,19H,1-4,8-10H2,(H,29,31)/t13-,14+,19?. The summed E-state index contributed by atoms with van der Waals surface area (Å²) < 4.78 is 44.9. The van der Waals surface area contributed by atoms with Crippen LogP contribution in [0.1, 0.15) is 37.3 Å². The van der Waals surface area contributed by atoms with E-state index >= 15 is 0 Å². The molecule has 1 saturated heterocycles. The van der Waals surface area contributed by atoms with Crippen molar-refractivity contribution in [2.45, 2.75) is 43.8 Å². The summed E-state index contributed by atoms with van der Waals surface area (Å²) in [5.41, 5.74) is 1.27. The van der Waals surface area contributed by atoms with Crippen molar-refractivity contribution in [3.8, 4) is 5.75 Å². The van der Waals surface area contributed by atoms with Crippen molar-refractivity contribution in [3.05, 3.63) is 35.4 Å². The summed E-state index contributed by atoms with van der Waals surface area (Å²) in [6.07, 6.45) is 1.26. The lowest BCUT2D eigenvalue weighted by atomic mass is 9.92. The molecule has 180 valence electrons. The van der Waals surface area contributed by atoms with E-state index in [0.717, 1.165) is 50.3 Å². The van der Waals surface area contributed by atoms with Crippen LogP contribution in [0.4, 0.5) is 24.9 Å². The fraction of sp³-hybridized carbons (Fsp3) is 0.545. The fourth-order valence-corrected chi connectivity index (χ4v) is 5.41. The summed E-state index contributed by atoms with van der Waals surface area (Å²) in [5.74, 6) is 2.41. The molecule has 1 N–H and O–H groups in total. The molecule has 4 heterocycles. The molecule has 2 bridgehead atoms. The maximum Gasteiger partial charge on any atom is 0.422 e. The molecule has 3 atom stereocenters. The molecule has 0 spiro atoms. The Morgan fingerprint density at radius 1 is 1.09 bits per heavy atom. The highest BCUT2D eigenvalue weighted by atomic mass is 35.5. The lowest BCUT2D eigenvalue weighted by Gasteiger charge is -2.38. The van der Waals surface area contributed by atoms with Crippen molar-refractivity contribution < 1.29 is 17.9 Å². The molecule has 12 heteroatoms. The number of fused-ring (bicyclic) bond motifs is 3. The van der Waals surface area contributed by atoms with Crippen LogP contribution in [-0.4, -0.2) is 56.5 Å². The van der Waals surface area contributed by atoms with E-state index in [9.17, 15) is 13.2 Å². The molecule has 3 aliphatic rings. The Hall–Kier alpha value is -2.82. The first-order valence-corrected chi connectivity index (χ1v) is 11.8. The van der Waals surface area contributed by atoms with Crippen molar-refractivity contribution >= 4 is 29.0 Å². The number of anilines is 2. The first-order valence-electron chi connectivity index (χ1n) is 11.4. The summed E-state index contributed by atoms with van der Waals surface area (Å²) in [4.78, 5) is 15.1. The number of nitrogens with one attached hydrogen (secondary N) is 1. The average Bonchev–Trinajstić information content (AvgIpc) is 3.50. The van der Waals surface area contributed by atoms with Gasteiger partial charge in [0.05, 0.1) is 0 Å². The highest BCUT2D eigenvalue weighted by Crippen LogP contribution is 2.42. The van der Waals surface area contributed by atoms with Gasteiger partial charge in [-0.3, -0.25) is 0 Å². The van der Waals surface area contributed by atoms with Gasteiger partial charge < -0.3 is 15.0 Å². The topological polar surface area (TPSA) is 80.5 Å². The van der Waals surface area contributed by atoms with Crippen LogP contribution in [0.25, 0.3) is 5.65 Å². The van der Waals surface area contributed by atoms with Crippen LogP contribution in [-0.2, 0) is 0 Å². The second-order valence-electron chi connectivity index (χ2n) is 9.34. The normalized spacial score (nSPS) is 24.6. The quantitative estimate of drug-likeness (QED) is 0.512. The average molecular weight is 494 g/mol. The van der Waals surface area contributed by atoms with Crippen LogP contribution in [0.15, 0.2) is 24.5 Å². The number of piperidine rings is 1. The number of hydrogen-bond acceptors (Lipinski definition) is 7. The molecule has 1 unspecified atom stereocenters. The van der Waals surface area contributed by atoms with Crippen LogP contribution in [0.3, 0.4) is 0 Å². The summed E-state index contributed by atoms with van der Waals surface area (Å²) >= 11 is 6.05. The predicted octanol–water partition coefficient (Wildman–Crippen LogP) is 4.32. The molecule has 1 aliphatic heterocycles. The van der Waals surface area contributed by atoms with Crippen molar-refractivity contribution in [1.29, 1.82) is 0 Å². The largest absolute Gasteiger partial charge is 0.480 e. The van der Waals surface area contributed by atoms with Gasteiger partial charge in [-0.15, -0.1) is 5.10 Å². The Balaban J connectivity index is 1.24. The zero-order valence-corrected chi connectivity index (χ0v) is 18.9. The summed E-state index contributed by atoms with van der Waals surface area (Å²) in [6, 6.07) is 5.32. The van der Waals surface area contributed by atoms with Crippen LogP contribution in [0, 0.1) is 11.8 Å². The SMILES string of the molecule is FC(F)(F)COc1ccc(C2CC2)n2nc(NC3[C@@H]4CC[C@H]3CN(c3cc(Cl)ncn3)C4)nc12. The Morgan fingerprint density at radius 2 is 1.85 bits per heavy atom. The lowest BCUT2D eigenvalue weighted by Crippen LogP contribution is -2.48. The second kappa shape index (κ2) is 8.14. The maximum atomic E-state index is 12.7. The van der Waals surface area contributed by atoms with E-state index in [0.29, 0.717) is 34.5 Å². The molecule has 0 radical (unpaired) electrons. The van der Waals surface area contributed by atoms with Crippen molar-refractivity contribution in [2.75, 3.05) is 29.9 Å². The summed E-state index contributed by atoms with van der Waals surface area (Å²) in [7, 11) is 0. The predicted molar refractivity (Wildman–Crippen MR) is 119 cm³/mol. The second-order valence-corrected chi connectivity index (χ2v) is 9.73. The van der Waals surface area contributed by atoms with E-state index < -0.39 is 12.8 Å². The number of aromatic nitrogens is 5. The fourth-order valence-electron chi connectivity index (χ4n) is 5.27. The summed E-state index contributed by atoms with van der Waals surface area (Å²) in [5, 5.41) is 8.55. The number of ether oxygens (including phenoxy) is 1. The van der Waals surface area contributed by atoms with Gasteiger partial charge in [0.15, 0.2) is 18.0 Å². The van der Waals surface area contributed by atoms with E-state index in [1.54, 1.807) is 22.7 Å². The molecule has 0 amide bonds. The van der Waals surface area contributed by atoms with Crippen molar-refractivity contribution in [1.82, 2.24) is 24.6 Å².